The second-order valence-corrected chi connectivity index (χ2v) is 6.31. The van der Waals surface area contributed by atoms with Crippen molar-refractivity contribution in [3.05, 3.63) is 55.5 Å². The van der Waals surface area contributed by atoms with Crippen LogP contribution in [0.1, 0.15) is 24.2 Å². The summed E-state index contributed by atoms with van der Waals surface area (Å²) in [5.41, 5.74) is 0.353. The zero-order valence-corrected chi connectivity index (χ0v) is 14.9. The normalized spacial score (nSPS) is 10.8. The van der Waals surface area contributed by atoms with Gasteiger partial charge >= 0.3 is 0 Å². The number of halogens is 3. The number of hydroxylamine groups is 1. The highest BCUT2D eigenvalue weighted by atomic mass is 127. The number of nitrogens with one attached hydrogen (secondary N) is 3. The SMILES string of the molecule is CC(C)ONC(=O)c1c[nH]c(=O)c(F)c1Nc1ccc(I)cc1F. The molecule has 3 N–H and O–H groups in total. The Balaban J connectivity index is 2.42. The van der Waals surface area contributed by atoms with Gasteiger partial charge < -0.3 is 10.3 Å². The van der Waals surface area contributed by atoms with E-state index in [1.54, 1.807) is 19.9 Å². The molecule has 0 atom stereocenters. The summed E-state index contributed by atoms with van der Waals surface area (Å²) in [4.78, 5) is 30.6. The smallest absolute Gasteiger partial charge is 0.286 e. The van der Waals surface area contributed by atoms with Gasteiger partial charge in [-0.05, 0) is 54.6 Å². The molecule has 2 rings (SSSR count). The Labute approximate surface area is 149 Å². The minimum absolute atomic E-state index is 0.0706. The fourth-order valence-corrected chi connectivity index (χ4v) is 2.21. The molecule has 1 amide bonds. The van der Waals surface area contributed by atoms with Gasteiger partial charge in [0.25, 0.3) is 11.5 Å². The van der Waals surface area contributed by atoms with Crippen molar-refractivity contribution < 1.29 is 18.4 Å². The van der Waals surface area contributed by atoms with Gasteiger partial charge in [-0.2, -0.15) is 4.39 Å². The topological polar surface area (TPSA) is 83.2 Å². The van der Waals surface area contributed by atoms with Crippen LogP contribution in [0.2, 0.25) is 0 Å². The Bertz CT molecular complexity index is 824. The van der Waals surface area contributed by atoms with E-state index in [9.17, 15) is 18.4 Å². The van der Waals surface area contributed by atoms with Crippen LogP contribution in [-0.2, 0) is 4.84 Å². The van der Waals surface area contributed by atoms with Gasteiger partial charge in [-0.1, -0.05) is 0 Å². The number of pyridine rings is 1. The Kier molecular flexibility index (Phi) is 5.89. The van der Waals surface area contributed by atoms with Crippen molar-refractivity contribution in [1.82, 2.24) is 10.5 Å². The number of aromatic amines is 1. The molecule has 1 heterocycles. The first-order valence-corrected chi connectivity index (χ1v) is 7.96. The highest BCUT2D eigenvalue weighted by Crippen LogP contribution is 2.25. The van der Waals surface area contributed by atoms with Crippen molar-refractivity contribution in [2.24, 2.45) is 0 Å². The molecule has 128 valence electrons. The highest BCUT2D eigenvalue weighted by Gasteiger charge is 2.20. The summed E-state index contributed by atoms with van der Waals surface area (Å²) in [7, 11) is 0. The van der Waals surface area contributed by atoms with Crippen LogP contribution in [0.3, 0.4) is 0 Å². The summed E-state index contributed by atoms with van der Waals surface area (Å²) in [5, 5.41) is 2.46. The third-order valence-electron chi connectivity index (χ3n) is 2.86. The van der Waals surface area contributed by atoms with Crippen molar-refractivity contribution in [3.63, 3.8) is 0 Å². The molecule has 0 aliphatic rings. The predicted molar refractivity (Wildman–Crippen MR) is 93.1 cm³/mol. The molecule has 24 heavy (non-hydrogen) atoms. The number of H-pyrrole nitrogens is 1. The molecular formula is C15H14F2IN3O3. The van der Waals surface area contributed by atoms with Gasteiger partial charge in [0.15, 0.2) is 0 Å². The molecule has 2 aromatic rings. The van der Waals surface area contributed by atoms with E-state index in [-0.39, 0.29) is 17.4 Å². The Morgan fingerprint density at radius 3 is 2.67 bits per heavy atom. The summed E-state index contributed by atoms with van der Waals surface area (Å²) in [6.07, 6.45) is 0.726. The maximum absolute atomic E-state index is 14.2. The molecule has 0 bridgehead atoms. The molecule has 0 aliphatic heterocycles. The number of hydrogen-bond donors (Lipinski definition) is 3. The van der Waals surface area contributed by atoms with Gasteiger partial charge in [-0.3, -0.25) is 14.4 Å². The van der Waals surface area contributed by atoms with Gasteiger partial charge in [0.05, 0.1) is 23.0 Å². The first-order valence-electron chi connectivity index (χ1n) is 6.89. The number of amides is 1. The summed E-state index contributed by atoms with van der Waals surface area (Å²) in [6.45, 7) is 3.38. The minimum Gasteiger partial charge on any atom is -0.350 e. The van der Waals surface area contributed by atoms with Crippen molar-refractivity contribution in [1.29, 1.82) is 0 Å². The maximum Gasteiger partial charge on any atom is 0.286 e. The lowest BCUT2D eigenvalue weighted by molar-refractivity contribution is 0.000199. The van der Waals surface area contributed by atoms with E-state index >= 15 is 0 Å². The Morgan fingerprint density at radius 2 is 2.04 bits per heavy atom. The molecule has 1 aromatic carbocycles. The van der Waals surface area contributed by atoms with E-state index in [1.807, 2.05) is 22.6 Å². The van der Waals surface area contributed by atoms with Crippen molar-refractivity contribution in [3.8, 4) is 0 Å². The second kappa shape index (κ2) is 7.71. The molecule has 0 saturated heterocycles. The van der Waals surface area contributed by atoms with E-state index in [1.165, 1.54) is 12.1 Å². The third-order valence-corrected chi connectivity index (χ3v) is 3.53. The summed E-state index contributed by atoms with van der Waals surface area (Å²) < 4.78 is 28.8. The molecular weight excluding hydrogens is 435 g/mol. The summed E-state index contributed by atoms with van der Waals surface area (Å²) >= 11 is 1.92. The van der Waals surface area contributed by atoms with Crippen LogP contribution in [-0.4, -0.2) is 17.0 Å². The van der Waals surface area contributed by atoms with Crippen LogP contribution < -0.4 is 16.4 Å². The number of carbonyl (C=O) groups excluding carboxylic acids is 1. The summed E-state index contributed by atoms with van der Waals surface area (Å²) in [6, 6.07) is 4.21. The zero-order valence-electron chi connectivity index (χ0n) is 12.7. The standard InChI is InChI=1S/C15H14F2IN3O3/c1-7(2)24-21-14(22)9-6-19-15(23)12(17)13(9)20-11-4-3-8(18)5-10(11)16/h3-7H,1-2H3,(H,21,22)(H2,19,20,23). The van der Waals surface area contributed by atoms with E-state index in [2.05, 4.69) is 15.8 Å². The third kappa shape index (κ3) is 4.29. The van der Waals surface area contributed by atoms with Crippen LogP contribution in [0.5, 0.6) is 0 Å². The molecule has 6 nitrogen and oxygen atoms in total. The Morgan fingerprint density at radius 1 is 1.33 bits per heavy atom. The fourth-order valence-electron chi connectivity index (χ4n) is 1.76. The maximum atomic E-state index is 14.2. The average molecular weight is 449 g/mol. The van der Waals surface area contributed by atoms with E-state index in [0.717, 1.165) is 6.20 Å². The van der Waals surface area contributed by atoms with Crippen LogP contribution in [0, 0.1) is 15.2 Å². The lowest BCUT2D eigenvalue weighted by atomic mass is 10.2. The molecule has 0 radical (unpaired) electrons. The van der Waals surface area contributed by atoms with Crippen LogP contribution in [0.25, 0.3) is 0 Å². The fraction of sp³-hybridized carbons (Fsp3) is 0.200. The van der Waals surface area contributed by atoms with Crippen LogP contribution in [0.15, 0.2) is 29.2 Å². The minimum atomic E-state index is -1.23. The number of aromatic nitrogens is 1. The molecule has 0 aliphatic carbocycles. The molecule has 0 fully saturated rings. The van der Waals surface area contributed by atoms with E-state index in [0.29, 0.717) is 3.57 Å². The zero-order chi connectivity index (χ0) is 17.9. The second-order valence-electron chi connectivity index (χ2n) is 5.07. The number of hydrogen-bond acceptors (Lipinski definition) is 4. The monoisotopic (exact) mass is 449 g/mol. The lowest BCUT2D eigenvalue weighted by Gasteiger charge is -2.14. The lowest BCUT2D eigenvalue weighted by Crippen LogP contribution is -2.29. The van der Waals surface area contributed by atoms with Crippen LogP contribution in [0.4, 0.5) is 20.2 Å². The van der Waals surface area contributed by atoms with E-state index < -0.39 is 28.8 Å². The van der Waals surface area contributed by atoms with Gasteiger partial charge in [0.2, 0.25) is 5.82 Å². The number of benzene rings is 1. The quantitative estimate of drug-likeness (QED) is 0.484. The number of carbonyl (C=O) groups is 1. The number of anilines is 2. The average Bonchev–Trinajstić information content (AvgIpc) is 2.52. The molecule has 0 spiro atoms. The van der Waals surface area contributed by atoms with Gasteiger partial charge in [-0.15, -0.1) is 0 Å². The van der Waals surface area contributed by atoms with Gasteiger partial charge in [0, 0.05) is 9.77 Å². The number of rotatable bonds is 5. The molecule has 1 aromatic heterocycles. The highest BCUT2D eigenvalue weighted by molar-refractivity contribution is 14.1. The van der Waals surface area contributed by atoms with Crippen molar-refractivity contribution >= 4 is 39.9 Å². The van der Waals surface area contributed by atoms with Crippen molar-refractivity contribution in [2.45, 2.75) is 20.0 Å². The van der Waals surface area contributed by atoms with Crippen molar-refractivity contribution in [2.75, 3.05) is 5.32 Å². The van der Waals surface area contributed by atoms with Gasteiger partial charge in [-0.25, -0.2) is 9.87 Å². The Hall–Kier alpha value is -2.01. The van der Waals surface area contributed by atoms with E-state index in [4.69, 9.17) is 4.84 Å². The predicted octanol–water partition coefficient (Wildman–Crippen LogP) is 3.07. The van der Waals surface area contributed by atoms with Crippen LogP contribution >= 0.6 is 22.6 Å². The first kappa shape index (κ1) is 18.3. The molecule has 9 heteroatoms. The molecule has 0 unspecified atom stereocenters. The largest absolute Gasteiger partial charge is 0.350 e. The van der Waals surface area contributed by atoms with Gasteiger partial charge in [0.1, 0.15) is 5.82 Å². The molecule has 0 saturated carbocycles. The first-order chi connectivity index (χ1) is 11.3. The summed E-state index contributed by atoms with van der Waals surface area (Å²) in [5.74, 6) is -2.66.